The van der Waals surface area contributed by atoms with Crippen LogP contribution in [0.4, 0.5) is 26.7 Å². The Kier molecular flexibility index (Phi) is 6.17. The number of urea groups is 1. The van der Waals surface area contributed by atoms with Gasteiger partial charge in [-0.3, -0.25) is 9.69 Å². The fourth-order valence-corrected chi connectivity index (χ4v) is 5.70. The summed E-state index contributed by atoms with van der Waals surface area (Å²) in [6.45, 7) is 6.54. The monoisotopic (exact) mass is 509 g/mol. The van der Waals surface area contributed by atoms with Crippen molar-refractivity contribution in [3.05, 3.63) is 40.9 Å². The van der Waals surface area contributed by atoms with E-state index < -0.39 is 6.09 Å². The van der Waals surface area contributed by atoms with Gasteiger partial charge in [0.05, 0.1) is 28.6 Å². The second kappa shape index (κ2) is 9.30. The third kappa shape index (κ3) is 4.30. The fraction of sp³-hybridized carbons (Fsp3) is 0.360. The van der Waals surface area contributed by atoms with Crippen molar-refractivity contribution in [2.24, 2.45) is 0 Å². The molecule has 5 rings (SSSR count). The van der Waals surface area contributed by atoms with Crippen LogP contribution in [-0.4, -0.2) is 58.3 Å². The minimum atomic E-state index is -0.994. The van der Waals surface area contributed by atoms with E-state index in [0.717, 1.165) is 11.3 Å². The van der Waals surface area contributed by atoms with E-state index in [4.69, 9.17) is 4.74 Å². The molecule has 1 fully saturated rings. The van der Waals surface area contributed by atoms with Crippen LogP contribution in [-0.2, 0) is 0 Å². The van der Waals surface area contributed by atoms with Gasteiger partial charge in [0.15, 0.2) is 0 Å². The number of thiophene rings is 1. The van der Waals surface area contributed by atoms with Crippen LogP contribution >= 0.6 is 11.3 Å². The predicted molar refractivity (Wildman–Crippen MR) is 138 cm³/mol. The van der Waals surface area contributed by atoms with Crippen LogP contribution in [0.2, 0.25) is 0 Å². The van der Waals surface area contributed by atoms with Crippen LogP contribution in [0.25, 0.3) is 10.2 Å². The second-order valence-electron chi connectivity index (χ2n) is 9.24. The molecule has 3 N–H and O–H groups in total. The number of pyridine rings is 1. The molecular weight excluding hydrogens is 482 g/mol. The van der Waals surface area contributed by atoms with E-state index in [1.807, 2.05) is 39.0 Å². The first-order chi connectivity index (χ1) is 17.2. The molecule has 0 bridgehead atoms. The third-order valence-corrected chi connectivity index (χ3v) is 7.36. The molecule has 10 nitrogen and oxygen atoms in total. The number of amides is 4. The van der Waals surface area contributed by atoms with Gasteiger partial charge in [0.2, 0.25) is 0 Å². The first-order valence-corrected chi connectivity index (χ1v) is 12.6. The van der Waals surface area contributed by atoms with E-state index >= 15 is 0 Å². The summed E-state index contributed by atoms with van der Waals surface area (Å²) in [4.78, 5) is 46.2. The predicted octanol–water partition coefficient (Wildman–Crippen LogP) is 4.95. The number of carbonyl (C=O) groups is 3. The number of piperidine rings is 1. The summed E-state index contributed by atoms with van der Waals surface area (Å²) in [5, 5.41) is 15.8. The first-order valence-electron chi connectivity index (χ1n) is 11.8. The largest absolute Gasteiger partial charge is 0.491 e. The van der Waals surface area contributed by atoms with Crippen LogP contribution in [0.3, 0.4) is 0 Å². The Balaban J connectivity index is 1.47. The lowest BCUT2D eigenvalue weighted by atomic mass is 10.1. The Morgan fingerprint density at radius 1 is 1.31 bits per heavy atom. The van der Waals surface area contributed by atoms with Crippen LogP contribution < -0.4 is 20.3 Å². The lowest BCUT2D eigenvalue weighted by Crippen LogP contribution is -2.49. The molecule has 3 aromatic rings. The molecule has 1 saturated heterocycles. The van der Waals surface area contributed by atoms with Gasteiger partial charge in [-0.05, 0) is 63.4 Å². The van der Waals surface area contributed by atoms with Gasteiger partial charge in [0, 0.05) is 25.3 Å². The van der Waals surface area contributed by atoms with E-state index in [2.05, 4.69) is 15.6 Å². The number of anilines is 3. The number of carbonyl (C=O) groups excluding carboxylic acids is 2. The van der Waals surface area contributed by atoms with E-state index in [0.29, 0.717) is 51.5 Å². The Bertz CT molecular complexity index is 1370. The smallest absolute Gasteiger partial charge is 0.407 e. The number of hydrogen-bond acceptors (Lipinski definition) is 6. The Morgan fingerprint density at radius 3 is 2.83 bits per heavy atom. The summed E-state index contributed by atoms with van der Waals surface area (Å²) < 4.78 is 5.83. The maximum absolute atomic E-state index is 13.3. The number of aromatic nitrogens is 1. The second-order valence-corrected chi connectivity index (χ2v) is 10.2. The molecule has 0 saturated carbocycles. The van der Waals surface area contributed by atoms with Crippen molar-refractivity contribution in [1.29, 1.82) is 0 Å². The third-order valence-electron chi connectivity index (χ3n) is 6.26. The number of likely N-dealkylation sites (tertiary alicyclic amines) is 1. The Hall–Kier alpha value is -3.86. The minimum Gasteiger partial charge on any atom is -0.491 e. The van der Waals surface area contributed by atoms with Crippen molar-refractivity contribution in [3.8, 4) is 5.75 Å². The van der Waals surface area contributed by atoms with Crippen molar-refractivity contribution in [3.63, 3.8) is 0 Å². The number of ether oxygens (including phenoxy) is 1. The van der Waals surface area contributed by atoms with Gasteiger partial charge in [-0.25, -0.2) is 14.6 Å². The SMILES string of the molecule is Cc1cc(N2C(=O)Nc3c(C(=O)NC4CCCN(C(=O)O)C4)sc4nccc2c34)ccc1OC(C)C. The van der Waals surface area contributed by atoms with Gasteiger partial charge in [-0.15, -0.1) is 11.3 Å². The maximum Gasteiger partial charge on any atom is 0.407 e. The number of nitrogens with one attached hydrogen (secondary N) is 2. The van der Waals surface area contributed by atoms with Crippen LogP contribution in [0, 0.1) is 6.92 Å². The van der Waals surface area contributed by atoms with Crippen molar-refractivity contribution in [1.82, 2.24) is 15.2 Å². The topological polar surface area (TPSA) is 124 Å². The van der Waals surface area contributed by atoms with E-state index in [9.17, 15) is 19.5 Å². The van der Waals surface area contributed by atoms with Gasteiger partial charge in [-0.1, -0.05) is 0 Å². The highest BCUT2D eigenvalue weighted by atomic mass is 32.1. The first kappa shape index (κ1) is 23.9. The molecule has 2 aliphatic rings. The summed E-state index contributed by atoms with van der Waals surface area (Å²) >= 11 is 1.20. The minimum absolute atomic E-state index is 0.0337. The van der Waals surface area contributed by atoms with Crippen LogP contribution in [0.1, 0.15) is 41.9 Å². The molecule has 0 spiro atoms. The highest BCUT2D eigenvalue weighted by Gasteiger charge is 2.34. The normalized spacial score (nSPS) is 17.3. The van der Waals surface area contributed by atoms with E-state index in [1.165, 1.54) is 16.2 Å². The maximum atomic E-state index is 13.3. The highest BCUT2D eigenvalue weighted by molar-refractivity contribution is 7.21. The van der Waals surface area contributed by atoms with Gasteiger partial charge in [-0.2, -0.15) is 0 Å². The molecule has 2 aromatic heterocycles. The number of hydrogen-bond donors (Lipinski definition) is 3. The van der Waals surface area contributed by atoms with E-state index in [-0.39, 0.29) is 30.6 Å². The molecule has 11 heteroatoms. The van der Waals surface area contributed by atoms with Gasteiger partial charge in [0.1, 0.15) is 15.5 Å². The van der Waals surface area contributed by atoms with Gasteiger partial charge < -0.3 is 25.4 Å². The number of aryl methyl sites for hydroxylation is 1. The molecule has 4 amide bonds. The zero-order valence-electron chi connectivity index (χ0n) is 20.2. The average molecular weight is 510 g/mol. The number of nitrogens with zero attached hydrogens (tertiary/aromatic N) is 3. The average Bonchev–Trinajstić information content (AvgIpc) is 3.20. The van der Waals surface area contributed by atoms with Crippen LogP contribution in [0.15, 0.2) is 30.5 Å². The lowest BCUT2D eigenvalue weighted by Gasteiger charge is -2.31. The molecule has 1 unspecified atom stereocenters. The molecular formula is C25H27N5O5S. The molecule has 4 heterocycles. The van der Waals surface area contributed by atoms with Gasteiger partial charge >= 0.3 is 12.1 Å². The molecule has 36 heavy (non-hydrogen) atoms. The number of rotatable bonds is 5. The summed E-state index contributed by atoms with van der Waals surface area (Å²) in [6.07, 6.45) is 2.03. The number of benzene rings is 1. The Morgan fingerprint density at radius 2 is 2.11 bits per heavy atom. The van der Waals surface area contributed by atoms with Gasteiger partial charge in [0.25, 0.3) is 5.91 Å². The molecule has 0 radical (unpaired) electrons. The quantitative estimate of drug-likeness (QED) is 0.447. The van der Waals surface area contributed by atoms with Crippen molar-refractivity contribution < 1.29 is 24.2 Å². The number of carboxylic acid groups (broad SMARTS) is 1. The van der Waals surface area contributed by atoms with Crippen molar-refractivity contribution in [2.45, 2.75) is 45.8 Å². The zero-order chi connectivity index (χ0) is 25.6. The standard InChI is InChI=1S/C25H27N5O5S/c1-13(2)35-18-7-6-16(11-14(18)3)30-17-8-9-26-23-19(17)20(28-24(30)32)21(36-23)22(31)27-15-5-4-10-29(12-15)25(33)34/h6-9,11,13,15H,4-5,10,12H2,1-3H3,(H,27,31)(H,28,32)(H,33,34). The van der Waals surface area contributed by atoms with E-state index in [1.54, 1.807) is 17.2 Å². The Labute approximate surface area is 211 Å². The molecule has 0 aliphatic carbocycles. The van der Waals surface area contributed by atoms with Crippen molar-refractivity contribution in [2.75, 3.05) is 23.3 Å². The lowest BCUT2D eigenvalue weighted by molar-refractivity contribution is 0.0893. The fourth-order valence-electron chi connectivity index (χ4n) is 4.68. The molecule has 1 atom stereocenters. The highest BCUT2D eigenvalue weighted by Crippen LogP contribution is 2.46. The molecule has 2 aliphatic heterocycles. The zero-order valence-corrected chi connectivity index (χ0v) is 21.0. The van der Waals surface area contributed by atoms with Crippen molar-refractivity contribution >= 4 is 56.6 Å². The molecule has 1 aromatic carbocycles. The van der Waals surface area contributed by atoms with Crippen LogP contribution in [0.5, 0.6) is 5.75 Å². The summed E-state index contributed by atoms with van der Waals surface area (Å²) in [5.74, 6) is 0.404. The summed E-state index contributed by atoms with van der Waals surface area (Å²) in [7, 11) is 0. The summed E-state index contributed by atoms with van der Waals surface area (Å²) in [6, 6.07) is 6.67. The molecule has 188 valence electrons. The summed E-state index contributed by atoms with van der Waals surface area (Å²) in [5.41, 5.74) is 2.64.